The molecule has 0 spiro atoms. The van der Waals surface area contributed by atoms with Crippen molar-refractivity contribution in [2.75, 3.05) is 7.11 Å². The number of aromatic nitrogens is 1. The van der Waals surface area contributed by atoms with Crippen LogP contribution in [0.15, 0.2) is 29.1 Å². The highest BCUT2D eigenvalue weighted by Crippen LogP contribution is 2.31. The molecule has 120 valence electrons. The predicted octanol–water partition coefficient (Wildman–Crippen LogP) is 3.09. The normalized spacial score (nSPS) is 11.2. The number of alkyl halides is 3. The molecule has 0 atom stereocenters. The predicted molar refractivity (Wildman–Crippen MR) is 73.3 cm³/mol. The van der Waals surface area contributed by atoms with E-state index in [1.165, 1.54) is 7.11 Å². The van der Waals surface area contributed by atoms with E-state index in [0.717, 1.165) is 25.2 Å². The molecule has 0 saturated heterocycles. The van der Waals surface area contributed by atoms with E-state index in [9.17, 15) is 22.4 Å². The van der Waals surface area contributed by atoms with Crippen molar-refractivity contribution in [1.29, 1.82) is 5.26 Å². The third-order valence-electron chi connectivity index (χ3n) is 3.29. The smallest absolute Gasteiger partial charge is 0.431 e. The van der Waals surface area contributed by atoms with Crippen molar-refractivity contribution in [1.82, 2.24) is 4.57 Å². The second kappa shape index (κ2) is 5.76. The molecule has 0 fully saturated rings. The number of methoxy groups -OCH3 is 1. The van der Waals surface area contributed by atoms with Crippen LogP contribution >= 0.6 is 0 Å². The quantitative estimate of drug-likeness (QED) is 0.797. The van der Waals surface area contributed by atoms with Crippen LogP contribution < -0.4 is 10.3 Å². The number of pyridine rings is 1. The Kier molecular flexibility index (Phi) is 4.14. The Hall–Kier alpha value is -2.82. The van der Waals surface area contributed by atoms with E-state index < -0.39 is 23.2 Å². The van der Waals surface area contributed by atoms with Crippen molar-refractivity contribution in [2.24, 2.45) is 7.05 Å². The summed E-state index contributed by atoms with van der Waals surface area (Å²) in [4.78, 5) is 12.1. The number of hydrogen-bond donors (Lipinski definition) is 0. The van der Waals surface area contributed by atoms with Crippen LogP contribution in [-0.2, 0) is 13.2 Å². The molecule has 0 bridgehead atoms. The molecule has 8 heteroatoms. The minimum absolute atomic E-state index is 0.0193. The molecule has 0 aliphatic carbocycles. The molecule has 2 aromatic rings. The molecular weight excluding hydrogens is 316 g/mol. The second-order valence-corrected chi connectivity index (χ2v) is 4.64. The minimum Gasteiger partial charge on any atom is -0.495 e. The maximum atomic E-state index is 14.1. The van der Waals surface area contributed by atoms with Crippen molar-refractivity contribution in [3.05, 3.63) is 51.7 Å². The van der Waals surface area contributed by atoms with Gasteiger partial charge in [-0.15, -0.1) is 0 Å². The Morgan fingerprint density at radius 2 is 1.87 bits per heavy atom. The number of ether oxygens (including phenoxy) is 1. The number of benzene rings is 1. The molecule has 0 N–H and O–H groups in total. The Morgan fingerprint density at radius 3 is 2.39 bits per heavy atom. The summed E-state index contributed by atoms with van der Waals surface area (Å²) >= 11 is 0. The van der Waals surface area contributed by atoms with Crippen LogP contribution in [-0.4, -0.2) is 11.7 Å². The van der Waals surface area contributed by atoms with Crippen LogP contribution in [0.4, 0.5) is 17.6 Å². The molecule has 0 amide bonds. The topological polar surface area (TPSA) is 55.0 Å². The van der Waals surface area contributed by atoms with Crippen LogP contribution in [0.1, 0.15) is 11.3 Å². The molecule has 23 heavy (non-hydrogen) atoms. The Morgan fingerprint density at radius 1 is 1.22 bits per heavy atom. The van der Waals surface area contributed by atoms with Gasteiger partial charge in [0.25, 0.3) is 5.56 Å². The number of rotatable bonds is 2. The number of hydrogen-bond acceptors (Lipinski definition) is 3. The molecular formula is C15H10F4N2O2. The van der Waals surface area contributed by atoms with E-state index in [-0.39, 0.29) is 22.4 Å². The third-order valence-corrected chi connectivity index (χ3v) is 3.29. The summed E-state index contributed by atoms with van der Waals surface area (Å²) in [5, 5.41) is 8.87. The van der Waals surface area contributed by atoms with Gasteiger partial charge in [0.2, 0.25) is 0 Å². The second-order valence-electron chi connectivity index (χ2n) is 4.64. The van der Waals surface area contributed by atoms with E-state index >= 15 is 0 Å². The van der Waals surface area contributed by atoms with Gasteiger partial charge in [-0.2, -0.15) is 18.4 Å². The summed E-state index contributed by atoms with van der Waals surface area (Å²) < 4.78 is 57.7. The molecule has 0 saturated carbocycles. The van der Waals surface area contributed by atoms with E-state index in [0.29, 0.717) is 10.6 Å². The lowest BCUT2D eigenvalue weighted by atomic mass is 10.0. The van der Waals surface area contributed by atoms with Crippen LogP contribution in [0.5, 0.6) is 5.75 Å². The fourth-order valence-electron chi connectivity index (χ4n) is 2.14. The molecule has 1 aromatic carbocycles. The van der Waals surface area contributed by atoms with E-state index in [1.807, 2.05) is 0 Å². The summed E-state index contributed by atoms with van der Waals surface area (Å²) in [6.07, 6.45) is -4.70. The van der Waals surface area contributed by atoms with Gasteiger partial charge in [0.15, 0.2) is 0 Å². The number of nitrogens with zero attached hydrogens (tertiary/aromatic N) is 2. The lowest BCUT2D eigenvalue weighted by Crippen LogP contribution is -2.26. The maximum Gasteiger partial charge on any atom is 0.431 e. The SMILES string of the molecule is COc1cc(-c2ccc(C(F)(F)F)n(C)c2=O)c(F)cc1C#N. The molecule has 1 heterocycles. The van der Waals surface area contributed by atoms with Crippen molar-refractivity contribution in [2.45, 2.75) is 6.18 Å². The van der Waals surface area contributed by atoms with Crippen molar-refractivity contribution in [3.8, 4) is 22.9 Å². The van der Waals surface area contributed by atoms with E-state index in [1.54, 1.807) is 6.07 Å². The van der Waals surface area contributed by atoms with Crippen LogP contribution in [0.3, 0.4) is 0 Å². The average molecular weight is 326 g/mol. The zero-order chi connectivity index (χ0) is 17.4. The van der Waals surface area contributed by atoms with E-state index in [4.69, 9.17) is 10.00 Å². The van der Waals surface area contributed by atoms with E-state index in [2.05, 4.69) is 0 Å². The van der Waals surface area contributed by atoms with Gasteiger partial charge in [-0.3, -0.25) is 4.79 Å². The highest BCUT2D eigenvalue weighted by atomic mass is 19.4. The Labute approximate surface area is 128 Å². The first-order valence-electron chi connectivity index (χ1n) is 6.26. The summed E-state index contributed by atoms with van der Waals surface area (Å²) in [5.74, 6) is -0.884. The molecule has 0 aliphatic rings. The zero-order valence-electron chi connectivity index (χ0n) is 12.0. The summed E-state index contributed by atoms with van der Waals surface area (Å²) in [5.41, 5.74) is -2.74. The van der Waals surface area contributed by atoms with Gasteiger partial charge in [-0.25, -0.2) is 4.39 Å². The largest absolute Gasteiger partial charge is 0.495 e. The molecule has 2 rings (SSSR count). The highest BCUT2D eigenvalue weighted by Gasteiger charge is 2.34. The van der Waals surface area contributed by atoms with Crippen molar-refractivity contribution >= 4 is 0 Å². The first kappa shape index (κ1) is 16.5. The molecule has 0 aliphatic heterocycles. The lowest BCUT2D eigenvalue weighted by Gasteiger charge is -2.14. The van der Waals surface area contributed by atoms with Crippen LogP contribution in [0.25, 0.3) is 11.1 Å². The van der Waals surface area contributed by atoms with Gasteiger partial charge >= 0.3 is 6.18 Å². The lowest BCUT2D eigenvalue weighted by molar-refractivity contribution is -0.143. The standard InChI is InChI=1S/C15H10F4N2O2/c1-21-13(15(17,18)19)4-3-9(14(21)22)10-6-12(23-2)8(7-20)5-11(10)16/h3-6H,1-2H3. The van der Waals surface area contributed by atoms with Gasteiger partial charge in [0, 0.05) is 12.6 Å². The molecule has 0 unspecified atom stereocenters. The fourth-order valence-corrected chi connectivity index (χ4v) is 2.14. The van der Waals surface area contributed by atoms with Crippen molar-refractivity contribution < 1.29 is 22.3 Å². The van der Waals surface area contributed by atoms with Crippen molar-refractivity contribution in [3.63, 3.8) is 0 Å². The minimum atomic E-state index is -4.70. The monoisotopic (exact) mass is 326 g/mol. The Balaban J connectivity index is 2.72. The molecule has 4 nitrogen and oxygen atoms in total. The van der Waals surface area contributed by atoms with Crippen LogP contribution in [0, 0.1) is 17.1 Å². The Bertz CT molecular complexity index is 863. The zero-order valence-corrected chi connectivity index (χ0v) is 12.0. The molecule has 1 aromatic heterocycles. The molecule has 0 radical (unpaired) electrons. The average Bonchev–Trinajstić information content (AvgIpc) is 2.48. The van der Waals surface area contributed by atoms with Gasteiger partial charge in [-0.05, 0) is 24.3 Å². The first-order valence-corrected chi connectivity index (χ1v) is 6.26. The van der Waals surface area contributed by atoms with Gasteiger partial charge in [-0.1, -0.05) is 0 Å². The highest BCUT2D eigenvalue weighted by molar-refractivity contribution is 5.67. The summed E-state index contributed by atoms with van der Waals surface area (Å²) in [7, 11) is 2.20. The van der Waals surface area contributed by atoms with Crippen LogP contribution in [0.2, 0.25) is 0 Å². The summed E-state index contributed by atoms with van der Waals surface area (Å²) in [6.45, 7) is 0. The number of nitriles is 1. The third kappa shape index (κ3) is 2.90. The summed E-state index contributed by atoms with van der Waals surface area (Å²) in [6, 6.07) is 5.29. The maximum absolute atomic E-state index is 14.1. The van der Waals surface area contributed by atoms with Gasteiger partial charge in [0.05, 0.1) is 18.2 Å². The van der Waals surface area contributed by atoms with Gasteiger partial charge < -0.3 is 9.30 Å². The first-order chi connectivity index (χ1) is 10.7. The van der Waals surface area contributed by atoms with Gasteiger partial charge in [0.1, 0.15) is 23.3 Å². The fraction of sp³-hybridized carbons (Fsp3) is 0.200. The number of halogens is 4.